The minimum Gasteiger partial charge on any atom is -0.497 e. The molecule has 0 unspecified atom stereocenters. The lowest BCUT2D eigenvalue weighted by molar-refractivity contribution is -0.122. The third-order valence-electron chi connectivity index (χ3n) is 4.57. The van der Waals surface area contributed by atoms with Crippen LogP contribution in [-0.2, 0) is 4.79 Å². The highest BCUT2D eigenvalue weighted by Gasteiger charge is 2.15. The van der Waals surface area contributed by atoms with E-state index in [2.05, 4.69) is 50.2 Å². The Hall–Kier alpha value is -2.57. The van der Waals surface area contributed by atoms with Gasteiger partial charge in [0.15, 0.2) is 11.3 Å². The monoisotopic (exact) mass is 401 g/mol. The summed E-state index contributed by atoms with van der Waals surface area (Å²) in [6.07, 6.45) is 2.30. The molecule has 0 spiro atoms. The number of ether oxygens (including phenoxy) is 1. The van der Waals surface area contributed by atoms with Crippen molar-refractivity contribution in [3.63, 3.8) is 0 Å². The number of benzene rings is 1. The number of nitrogens with one attached hydrogen (secondary N) is 3. The molecule has 0 aliphatic heterocycles. The third kappa shape index (κ3) is 6.48. The molecular formula is C22H35N5O2. The third-order valence-corrected chi connectivity index (χ3v) is 4.57. The van der Waals surface area contributed by atoms with Crippen LogP contribution in [0.3, 0.4) is 0 Å². The van der Waals surface area contributed by atoms with Crippen LogP contribution in [-0.4, -0.2) is 35.7 Å². The molecule has 1 aromatic carbocycles. The normalized spacial score (nSPS) is 11.7. The van der Waals surface area contributed by atoms with E-state index in [1.165, 1.54) is 0 Å². The first-order chi connectivity index (χ1) is 13.6. The SMILES string of the molecule is COc1ccc2nc(NCCCCNC(=O)CC(C)(C)C)c(=N)n(C(C)C)c2c1. The molecule has 2 aromatic rings. The molecule has 1 aromatic heterocycles. The van der Waals surface area contributed by atoms with Crippen LogP contribution in [0.1, 0.15) is 59.9 Å². The van der Waals surface area contributed by atoms with Crippen molar-refractivity contribution in [1.82, 2.24) is 14.9 Å². The van der Waals surface area contributed by atoms with Crippen LogP contribution >= 0.6 is 0 Å². The summed E-state index contributed by atoms with van der Waals surface area (Å²) in [6.45, 7) is 11.7. The molecule has 0 radical (unpaired) electrons. The molecule has 29 heavy (non-hydrogen) atoms. The Bertz CT molecular complexity index is 896. The maximum Gasteiger partial charge on any atom is 0.220 e. The number of hydrogen-bond acceptors (Lipinski definition) is 5. The smallest absolute Gasteiger partial charge is 0.220 e. The summed E-state index contributed by atoms with van der Waals surface area (Å²) >= 11 is 0. The molecule has 0 aliphatic carbocycles. The number of hydrogen-bond donors (Lipinski definition) is 3. The highest BCUT2D eigenvalue weighted by Crippen LogP contribution is 2.22. The molecule has 0 fully saturated rings. The molecule has 0 saturated carbocycles. The van der Waals surface area contributed by atoms with Gasteiger partial charge in [0.1, 0.15) is 5.75 Å². The predicted octanol–water partition coefficient (Wildman–Crippen LogP) is 3.85. The number of carbonyl (C=O) groups excluding carboxylic acids is 1. The summed E-state index contributed by atoms with van der Waals surface area (Å²) in [6, 6.07) is 5.85. The van der Waals surface area contributed by atoms with Crippen molar-refractivity contribution in [2.75, 3.05) is 25.5 Å². The molecule has 3 N–H and O–H groups in total. The van der Waals surface area contributed by atoms with E-state index in [0.29, 0.717) is 30.8 Å². The lowest BCUT2D eigenvalue weighted by Crippen LogP contribution is -2.29. The maximum atomic E-state index is 11.9. The van der Waals surface area contributed by atoms with Crippen molar-refractivity contribution in [2.24, 2.45) is 5.41 Å². The standard InChI is InChI=1S/C22H35N5O2/c1-15(2)27-18-13-16(29-6)9-10-17(18)26-21(20(27)23)25-12-8-7-11-24-19(28)14-22(3,4)5/h9-10,13,15,23H,7-8,11-12,14H2,1-6H3,(H,24,28)(H,25,26). The zero-order chi connectivity index (χ0) is 21.6. The van der Waals surface area contributed by atoms with Crippen LogP contribution < -0.4 is 20.9 Å². The molecule has 7 nitrogen and oxygen atoms in total. The molecule has 2 rings (SSSR count). The van der Waals surface area contributed by atoms with Crippen LogP contribution in [0.25, 0.3) is 11.0 Å². The number of fused-ring (bicyclic) bond motifs is 1. The van der Waals surface area contributed by atoms with Crippen LogP contribution in [0.5, 0.6) is 5.75 Å². The molecule has 1 heterocycles. The van der Waals surface area contributed by atoms with Gasteiger partial charge in [-0.25, -0.2) is 4.98 Å². The minimum atomic E-state index is 0.00766. The molecule has 7 heteroatoms. The average molecular weight is 402 g/mol. The lowest BCUT2D eigenvalue weighted by Gasteiger charge is -2.18. The summed E-state index contributed by atoms with van der Waals surface area (Å²) < 4.78 is 7.28. The van der Waals surface area contributed by atoms with Crippen molar-refractivity contribution in [3.05, 3.63) is 23.7 Å². The second kappa shape index (κ2) is 9.76. The van der Waals surface area contributed by atoms with Gasteiger partial charge in [0.05, 0.1) is 18.1 Å². The Morgan fingerprint density at radius 1 is 1.24 bits per heavy atom. The average Bonchev–Trinajstić information content (AvgIpc) is 2.62. The Kier molecular flexibility index (Phi) is 7.65. The van der Waals surface area contributed by atoms with Crippen molar-refractivity contribution in [2.45, 2.75) is 59.9 Å². The van der Waals surface area contributed by atoms with Gasteiger partial charge in [0.25, 0.3) is 0 Å². The van der Waals surface area contributed by atoms with Crippen molar-refractivity contribution < 1.29 is 9.53 Å². The maximum absolute atomic E-state index is 11.9. The number of unbranched alkanes of at least 4 members (excludes halogenated alkanes) is 1. The van der Waals surface area contributed by atoms with E-state index in [0.717, 1.165) is 29.6 Å². The highest BCUT2D eigenvalue weighted by atomic mass is 16.5. The number of carbonyl (C=O) groups is 1. The minimum absolute atomic E-state index is 0.00766. The number of rotatable bonds is 9. The molecule has 1 amide bonds. The first kappa shape index (κ1) is 22.7. The van der Waals surface area contributed by atoms with Crippen LogP contribution in [0.15, 0.2) is 18.2 Å². The van der Waals surface area contributed by atoms with E-state index in [9.17, 15) is 4.79 Å². The fraction of sp³-hybridized carbons (Fsp3) is 0.591. The number of amides is 1. The zero-order valence-electron chi connectivity index (χ0n) is 18.6. The van der Waals surface area contributed by atoms with E-state index < -0.39 is 0 Å². The lowest BCUT2D eigenvalue weighted by atomic mass is 9.92. The largest absolute Gasteiger partial charge is 0.497 e. The molecule has 0 atom stereocenters. The highest BCUT2D eigenvalue weighted by molar-refractivity contribution is 5.78. The first-order valence-electron chi connectivity index (χ1n) is 10.3. The second-order valence-corrected chi connectivity index (χ2v) is 8.85. The van der Waals surface area contributed by atoms with Gasteiger partial charge in [-0.15, -0.1) is 0 Å². The fourth-order valence-electron chi connectivity index (χ4n) is 3.21. The van der Waals surface area contributed by atoms with E-state index in [1.807, 2.05) is 22.8 Å². The second-order valence-electron chi connectivity index (χ2n) is 8.85. The molecule has 0 aliphatic rings. The van der Waals surface area contributed by atoms with E-state index in [1.54, 1.807) is 7.11 Å². The van der Waals surface area contributed by atoms with Gasteiger partial charge in [-0.2, -0.15) is 0 Å². The van der Waals surface area contributed by atoms with Crippen molar-refractivity contribution in [1.29, 1.82) is 5.41 Å². The van der Waals surface area contributed by atoms with Crippen LogP contribution in [0.2, 0.25) is 0 Å². The van der Waals surface area contributed by atoms with Gasteiger partial charge in [-0.1, -0.05) is 20.8 Å². The number of nitrogens with zero attached hydrogens (tertiary/aromatic N) is 2. The predicted molar refractivity (Wildman–Crippen MR) is 117 cm³/mol. The van der Waals surface area contributed by atoms with Gasteiger partial charge in [-0.05, 0) is 44.2 Å². The summed E-state index contributed by atoms with van der Waals surface area (Å²) in [7, 11) is 1.64. The fourth-order valence-corrected chi connectivity index (χ4v) is 3.21. The summed E-state index contributed by atoms with van der Waals surface area (Å²) in [5.41, 5.74) is 2.08. The Balaban J connectivity index is 1.98. The van der Waals surface area contributed by atoms with Crippen molar-refractivity contribution >= 4 is 22.8 Å². The van der Waals surface area contributed by atoms with E-state index in [4.69, 9.17) is 10.1 Å². The van der Waals surface area contributed by atoms with Gasteiger partial charge in [0, 0.05) is 31.6 Å². The molecule has 160 valence electrons. The number of aromatic nitrogens is 2. The molecule has 0 bridgehead atoms. The number of methoxy groups -OCH3 is 1. The summed E-state index contributed by atoms with van der Waals surface area (Å²) in [5, 5.41) is 14.8. The van der Waals surface area contributed by atoms with Gasteiger partial charge in [-0.3, -0.25) is 10.2 Å². The van der Waals surface area contributed by atoms with Crippen molar-refractivity contribution in [3.8, 4) is 5.75 Å². The van der Waals surface area contributed by atoms with Gasteiger partial charge in [0.2, 0.25) is 5.91 Å². The van der Waals surface area contributed by atoms with Gasteiger partial charge < -0.3 is 19.9 Å². The topological polar surface area (TPSA) is 92.0 Å². The van der Waals surface area contributed by atoms with E-state index in [-0.39, 0.29) is 17.4 Å². The summed E-state index contributed by atoms with van der Waals surface area (Å²) in [4.78, 5) is 16.5. The Labute approximate surface area is 173 Å². The zero-order valence-corrected chi connectivity index (χ0v) is 18.6. The number of anilines is 1. The van der Waals surface area contributed by atoms with E-state index >= 15 is 0 Å². The Morgan fingerprint density at radius 2 is 1.93 bits per heavy atom. The summed E-state index contributed by atoms with van der Waals surface area (Å²) in [5.74, 6) is 1.43. The molecular weight excluding hydrogens is 366 g/mol. The van der Waals surface area contributed by atoms with Gasteiger partial charge >= 0.3 is 0 Å². The first-order valence-corrected chi connectivity index (χ1v) is 10.3. The quantitative estimate of drug-likeness (QED) is 0.557. The Morgan fingerprint density at radius 3 is 2.55 bits per heavy atom. The van der Waals surface area contributed by atoms with Crippen LogP contribution in [0, 0.1) is 10.8 Å². The van der Waals surface area contributed by atoms with Crippen LogP contribution in [0.4, 0.5) is 5.82 Å². The molecule has 0 saturated heterocycles.